The van der Waals surface area contributed by atoms with Gasteiger partial charge in [0.15, 0.2) is 0 Å². The highest BCUT2D eigenvalue weighted by molar-refractivity contribution is 5.93. The molecule has 1 aromatic heterocycles. The average molecular weight is 363 g/mol. The summed E-state index contributed by atoms with van der Waals surface area (Å²) in [7, 11) is 0. The van der Waals surface area contributed by atoms with Gasteiger partial charge in [0.05, 0.1) is 5.41 Å². The Bertz CT molecular complexity index is 809. The molecule has 0 aliphatic carbocycles. The minimum absolute atomic E-state index is 0.0679. The third kappa shape index (κ3) is 3.59. The van der Waals surface area contributed by atoms with Crippen molar-refractivity contribution in [1.82, 2.24) is 14.8 Å². The summed E-state index contributed by atoms with van der Waals surface area (Å²) in [6.07, 6.45) is 5.15. The van der Waals surface area contributed by atoms with E-state index < -0.39 is 5.41 Å². The molecule has 1 aromatic carbocycles. The summed E-state index contributed by atoms with van der Waals surface area (Å²) in [6.45, 7) is 2.72. The number of carbonyl (C=O) groups excluding carboxylic acids is 2. The van der Waals surface area contributed by atoms with Crippen LogP contribution in [-0.4, -0.2) is 52.8 Å². The molecular formula is C22H25N3O2. The third-order valence-corrected chi connectivity index (χ3v) is 5.86. The number of benzene rings is 1. The molecule has 0 saturated carbocycles. The van der Waals surface area contributed by atoms with Gasteiger partial charge in [-0.2, -0.15) is 0 Å². The van der Waals surface area contributed by atoms with Gasteiger partial charge in [-0.3, -0.25) is 14.6 Å². The second-order valence-electron chi connectivity index (χ2n) is 7.60. The van der Waals surface area contributed by atoms with Crippen LogP contribution in [0.4, 0.5) is 0 Å². The van der Waals surface area contributed by atoms with Crippen LogP contribution in [0.15, 0.2) is 54.7 Å². The summed E-state index contributed by atoms with van der Waals surface area (Å²) in [4.78, 5) is 33.9. The lowest BCUT2D eigenvalue weighted by atomic mass is 9.78. The Balaban J connectivity index is 1.42. The van der Waals surface area contributed by atoms with Crippen LogP contribution >= 0.6 is 0 Å². The van der Waals surface area contributed by atoms with E-state index in [1.165, 1.54) is 5.56 Å². The molecule has 0 bridgehead atoms. The number of pyridine rings is 1. The molecule has 2 aliphatic rings. The van der Waals surface area contributed by atoms with Crippen LogP contribution in [0.25, 0.3) is 0 Å². The minimum atomic E-state index is -0.403. The first-order valence-corrected chi connectivity index (χ1v) is 9.72. The van der Waals surface area contributed by atoms with Gasteiger partial charge in [-0.25, -0.2) is 0 Å². The molecule has 2 aliphatic heterocycles. The molecule has 0 unspecified atom stereocenters. The lowest BCUT2D eigenvalue weighted by Gasteiger charge is -2.39. The van der Waals surface area contributed by atoms with E-state index in [-0.39, 0.29) is 11.8 Å². The quantitative estimate of drug-likeness (QED) is 0.839. The molecule has 0 radical (unpaired) electrons. The van der Waals surface area contributed by atoms with Crippen molar-refractivity contribution in [1.29, 1.82) is 0 Å². The van der Waals surface area contributed by atoms with Gasteiger partial charge in [0, 0.05) is 32.4 Å². The summed E-state index contributed by atoms with van der Waals surface area (Å²) in [5.41, 5.74) is 1.31. The number of likely N-dealkylation sites (tertiary alicyclic amines) is 2. The van der Waals surface area contributed by atoms with Crippen molar-refractivity contribution in [2.75, 3.05) is 26.2 Å². The maximum Gasteiger partial charge on any atom is 0.272 e. The number of nitrogens with zero attached hydrogens (tertiary/aromatic N) is 3. The monoisotopic (exact) mass is 363 g/mol. The highest BCUT2D eigenvalue weighted by Crippen LogP contribution is 2.40. The van der Waals surface area contributed by atoms with Gasteiger partial charge in [-0.1, -0.05) is 36.4 Å². The van der Waals surface area contributed by atoms with E-state index >= 15 is 0 Å². The van der Waals surface area contributed by atoms with E-state index in [4.69, 9.17) is 0 Å². The van der Waals surface area contributed by atoms with Crippen LogP contribution in [-0.2, 0) is 11.2 Å². The largest absolute Gasteiger partial charge is 0.342 e. The van der Waals surface area contributed by atoms with Crippen molar-refractivity contribution in [3.05, 3.63) is 66.0 Å². The predicted octanol–water partition coefficient (Wildman–Crippen LogP) is 2.78. The molecule has 0 N–H and O–H groups in total. The lowest BCUT2D eigenvalue weighted by Crippen LogP contribution is -2.50. The second-order valence-corrected chi connectivity index (χ2v) is 7.60. The van der Waals surface area contributed by atoms with Crippen LogP contribution in [0.3, 0.4) is 0 Å². The topological polar surface area (TPSA) is 53.5 Å². The van der Waals surface area contributed by atoms with Gasteiger partial charge < -0.3 is 9.80 Å². The molecule has 5 heteroatoms. The lowest BCUT2D eigenvalue weighted by molar-refractivity contribution is -0.145. The van der Waals surface area contributed by atoms with Crippen molar-refractivity contribution in [2.24, 2.45) is 5.41 Å². The van der Waals surface area contributed by atoms with Gasteiger partial charge in [-0.05, 0) is 43.4 Å². The van der Waals surface area contributed by atoms with Gasteiger partial charge in [0.25, 0.3) is 5.91 Å². The zero-order chi connectivity index (χ0) is 18.7. The smallest absolute Gasteiger partial charge is 0.272 e. The van der Waals surface area contributed by atoms with E-state index in [1.54, 1.807) is 23.2 Å². The molecule has 1 spiro atoms. The second kappa shape index (κ2) is 7.51. The van der Waals surface area contributed by atoms with Crippen LogP contribution in [0.1, 0.15) is 35.3 Å². The highest BCUT2D eigenvalue weighted by atomic mass is 16.2. The van der Waals surface area contributed by atoms with Crippen LogP contribution in [0.2, 0.25) is 0 Å². The molecule has 2 amide bonds. The van der Waals surface area contributed by atoms with E-state index in [2.05, 4.69) is 17.1 Å². The zero-order valence-electron chi connectivity index (χ0n) is 15.5. The van der Waals surface area contributed by atoms with Crippen molar-refractivity contribution in [3.63, 3.8) is 0 Å². The fourth-order valence-electron chi connectivity index (χ4n) is 4.35. The average Bonchev–Trinajstić information content (AvgIpc) is 3.15. The van der Waals surface area contributed by atoms with Gasteiger partial charge >= 0.3 is 0 Å². The van der Waals surface area contributed by atoms with Crippen molar-refractivity contribution < 1.29 is 9.59 Å². The molecule has 140 valence electrons. The SMILES string of the molecule is O=C(c1ccccn1)N1CC[C@@]2(CCCN(CCc3ccccc3)C2=O)C1. The number of aromatic nitrogens is 1. The van der Waals surface area contributed by atoms with Crippen LogP contribution in [0, 0.1) is 5.41 Å². The van der Waals surface area contributed by atoms with E-state index in [9.17, 15) is 9.59 Å². The first-order chi connectivity index (χ1) is 13.2. The molecule has 1 atom stereocenters. The van der Waals surface area contributed by atoms with Crippen molar-refractivity contribution >= 4 is 11.8 Å². The van der Waals surface area contributed by atoms with Crippen molar-refractivity contribution in [2.45, 2.75) is 25.7 Å². The molecule has 5 nitrogen and oxygen atoms in total. The Hall–Kier alpha value is -2.69. The zero-order valence-corrected chi connectivity index (χ0v) is 15.5. The summed E-state index contributed by atoms with van der Waals surface area (Å²) >= 11 is 0. The summed E-state index contributed by atoms with van der Waals surface area (Å²) in [6, 6.07) is 15.7. The molecule has 4 rings (SSSR count). The predicted molar refractivity (Wildman–Crippen MR) is 103 cm³/mol. The molecule has 2 aromatic rings. The maximum absolute atomic E-state index is 13.2. The van der Waals surface area contributed by atoms with Crippen molar-refractivity contribution in [3.8, 4) is 0 Å². The Morgan fingerprint density at radius 2 is 1.85 bits per heavy atom. The normalized spacial score (nSPS) is 22.4. The number of hydrogen-bond acceptors (Lipinski definition) is 3. The van der Waals surface area contributed by atoms with Crippen LogP contribution in [0.5, 0.6) is 0 Å². The number of hydrogen-bond donors (Lipinski definition) is 0. The molecule has 2 fully saturated rings. The summed E-state index contributed by atoms with van der Waals surface area (Å²) in [5.74, 6) is 0.155. The van der Waals surface area contributed by atoms with Gasteiger partial charge in [0.1, 0.15) is 5.69 Å². The summed E-state index contributed by atoms with van der Waals surface area (Å²) < 4.78 is 0. The van der Waals surface area contributed by atoms with Gasteiger partial charge in [0.2, 0.25) is 5.91 Å². The number of amides is 2. The Morgan fingerprint density at radius 1 is 1.04 bits per heavy atom. The Kier molecular flexibility index (Phi) is 4.92. The number of piperidine rings is 1. The van der Waals surface area contributed by atoms with Crippen LogP contribution < -0.4 is 0 Å². The maximum atomic E-state index is 13.2. The highest BCUT2D eigenvalue weighted by Gasteiger charge is 2.49. The molecule has 2 saturated heterocycles. The minimum Gasteiger partial charge on any atom is -0.342 e. The number of carbonyl (C=O) groups is 2. The first kappa shape index (κ1) is 17.7. The fourth-order valence-corrected chi connectivity index (χ4v) is 4.35. The molecular weight excluding hydrogens is 338 g/mol. The van der Waals surface area contributed by atoms with E-state index in [0.29, 0.717) is 18.8 Å². The summed E-state index contributed by atoms with van der Waals surface area (Å²) in [5, 5.41) is 0. The standard InChI is InChI=1S/C22H25N3O2/c26-20(19-9-4-5-13-23-19)25-16-12-22(17-25)11-6-14-24(21(22)27)15-10-18-7-2-1-3-8-18/h1-5,7-9,13H,6,10-12,14-17H2/t22-/m0/s1. The van der Waals surface area contributed by atoms with E-state index in [1.807, 2.05) is 29.2 Å². The molecule has 3 heterocycles. The third-order valence-electron chi connectivity index (χ3n) is 5.86. The Labute approximate surface area is 160 Å². The fraction of sp³-hybridized carbons (Fsp3) is 0.409. The Morgan fingerprint density at radius 3 is 2.63 bits per heavy atom. The first-order valence-electron chi connectivity index (χ1n) is 9.72. The van der Waals surface area contributed by atoms with E-state index in [0.717, 1.165) is 38.8 Å². The molecule has 27 heavy (non-hydrogen) atoms. The van der Waals surface area contributed by atoms with Gasteiger partial charge in [-0.15, -0.1) is 0 Å². The number of rotatable bonds is 4.